The van der Waals surface area contributed by atoms with E-state index in [-0.39, 0.29) is 0 Å². The Morgan fingerprint density at radius 2 is 1.82 bits per heavy atom. The molecule has 0 aliphatic carbocycles. The standard InChI is InChI=1S/C18H13N3O/c1-22-18-16(15-7-3-2-6-13(15)11-19)10-14(12-21-18)17-8-4-5-9-20-17/h2-10,12H,1H3. The molecule has 0 spiro atoms. The van der Waals surface area contributed by atoms with Gasteiger partial charge in [0.2, 0.25) is 5.88 Å². The van der Waals surface area contributed by atoms with Crippen molar-refractivity contribution < 1.29 is 4.74 Å². The molecule has 106 valence electrons. The van der Waals surface area contributed by atoms with Crippen LogP contribution in [-0.2, 0) is 0 Å². The Morgan fingerprint density at radius 3 is 2.55 bits per heavy atom. The summed E-state index contributed by atoms with van der Waals surface area (Å²) in [7, 11) is 1.57. The van der Waals surface area contributed by atoms with Crippen molar-refractivity contribution in [2.45, 2.75) is 0 Å². The second-order valence-corrected chi connectivity index (χ2v) is 4.65. The molecular formula is C18H13N3O. The minimum absolute atomic E-state index is 0.488. The maximum Gasteiger partial charge on any atom is 0.221 e. The van der Waals surface area contributed by atoms with Gasteiger partial charge in [-0.15, -0.1) is 0 Å². The molecule has 2 heterocycles. The summed E-state index contributed by atoms with van der Waals surface area (Å²) in [5.74, 6) is 0.488. The molecule has 3 rings (SSSR count). The van der Waals surface area contributed by atoms with Gasteiger partial charge in [-0.1, -0.05) is 24.3 Å². The minimum Gasteiger partial charge on any atom is -0.481 e. The van der Waals surface area contributed by atoms with Crippen molar-refractivity contribution in [3.05, 3.63) is 66.5 Å². The first kappa shape index (κ1) is 13.8. The molecule has 0 radical (unpaired) electrons. The highest BCUT2D eigenvalue weighted by Gasteiger charge is 2.13. The lowest BCUT2D eigenvalue weighted by atomic mass is 9.99. The van der Waals surface area contributed by atoms with Crippen molar-refractivity contribution in [3.8, 4) is 34.3 Å². The number of methoxy groups -OCH3 is 1. The highest BCUT2D eigenvalue weighted by Crippen LogP contribution is 2.33. The van der Waals surface area contributed by atoms with Gasteiger partial charge in [-0.05, 0) is 24.3 Å². The van der Waals surface area contributed by atoms with Gasteiger partial charge in [0.1, 0.15) is 0 Å². The van der Waals surface area contributed by atoms with E-state index in [0.717, 1.165) is 22.4 Å². The van der Waals surface area contributed by atoms with Crippen LogP contribution in [0.1, 0.15) is 5.56 Å². The van der Waals surface area contributed by atoms with Crippen LogP contribution in [0.5, 0.6) is 5.88 Å². The van der Waals surface area contributed by atoms with Gasteiger partial charge in [-0.2, -0.15) is 5.26 Å². The van der Waals surface area contributed by atoms with Gasteiger partial charge in [0.05, 0.1) is 24.4 Å². The van der Waals surface area contributed by atoms with Gasteiger partial charge >= 0.3 is 0 Å². The van der Waals surface area contributed by atoms with Crippen molar-refractivity contribution in [2.75, 3.05) is 7.11 Å². The zero-order valence-electron chi connectivity index (χ0n) is 12.0. The van der Waals surface area contributed by atoms with Crippen LogP contribution < -0.4 is 4.74 Å². The zero-order chi connectivity index (χ0) is 15.4. The number of hydrogen-bond acceptors (Lipinski definition) is 4. The normalized spacial score (nSPS) is 10.0. The van der Waals surface area contributed by atoms with Crippen LogP contribution in [-0.4, -0.2) is 17.1 Å². The summed E-state index contributed by atoms with van der Waals surface area (Å²) in [6.07, 6.45) is 3.46. The van der Waals surface area contributed by atoms with E-state index >= 15 is 0 Å². The molecular weight excluding hydrogens is 274 g/mol. The number of nitriles is 1. The highest BCUT2D eigenvalue weighted by atomic mass is 16.5. The molecule has 0 unspecified atom stereocenters. The van der Waals surface area contributed by atoms with E-state index in [1.54, 1.807) is 25.6 Å². The SMILES string of the molecule is COc1ncc(-c2ccccn2)cc1-c1ccccc1C#N. The van der Waals surface area contributed by atoms with Crippen LogP contribution in [0, 0.1) is 11.3 Å². The minimum atomic E-state index is 0.488. The van der Waals surface area contributed by atoms with Gasteiger partial charge in [-0.25, -0.2) is 4.98 Å². The van der Waals surface area contributed by atoms with E-state index in [1.807, 2.05) is 42.5 Å². The quantitative estimate of drug-likeness (QED) is 0.737. The maximum atomic E-state index is 9.31. The third kappa shape index (κ3) is 2.52. The smallest absolute Gasteiger partial charge is 0.221 e. The van der Waals surface area contributed by atoms with Crippen LogP contribution in [0.15, 0.2) is 60.9 Å². The van der Waals surface area contributed by atoms with E-state index < -0.39 is 0 Å². The highest BCUT2D eigenvalue weighted by molar-refractivity contribution is 5.78. The van der Waals surface area contributed by atoms with Gasteiger partial charge in [0.25, 0.3) is 0 Å². The van der Waals surface area contributed by atoms with Crippen LogP contribution in [0.25, 0.3) is 22.4 Å². The summed E-state index contributed by atoms with van der Waals surface area (Å²) in [5.41, 5.74) is 3.87. The molecule has 2 aromatic heterocycles. The maximum absolute atomic E-state index is 9.31. The molecule has 4 heteroatoms. The predicted molar refractivity (Wildman–Crippen MR) is 84.2 cm³/mol. The number of rotatable bonds is 3. The topological polar surface area (TPSA) is 58.8 Å². The molecule has 0 aliphatic rings. The fourth-order valence-electron chi connectivity index (χ4n) is 2.30. The molecule has 0 bridgehead atoms. The second kappa shape index (κ2) is 6.06. The Labute approximate surface area is 128 Å². The molecule has 0 N–H and O–H groups in total. The Bertz CT molecular complexity index is 838. The van der Waals surface area contributed by atoms with E-state index in [9.17, 15) is 5.26 Å². The summed E-state index contributed by atoms with van der Waals surface area (Å²) in [4.78, 5) is 8.69. The Hall–Kier alpha value is -3.19. The van der Waals surface area contributed by atoms with Crippen molar-refractivity contribution in [3.63, 3.8) is 0 Å². The van der Waals surface area contributed by atoms with Gasteiger partial charge in [0, 0.05) is 29.1 Å². The molecule has 0 fully saturated rings. The molecule has 4 nitrogen and oxygen atoms in total. The van der Waals surface area contributed by atoms with Crippen molar-refractivity contribution in [2.24, 2.45) is 0 Å². The predicted octanol–water partition coefficient (Wildman–Crippen LogP) is 3.69. The average molecular weight is 287 g/mol. The van der Waals surface area contributed by atoms with E-state index in [2.05, 4.69) is 16.0 Å². The fourth-order valence-corrected chi connectivity index (χ4v) is 2.30. The number of nitrogens with zero attached hydrogens (tertiary/aromatic N) is 3. The average Bonchev–Trinajstić information content (AvgIpc) is 2.62. The van der Waals surface area contributed by atoms with E-state index in [4.69, 9.17) is 4.74 Å². The van der Waals surface area contributed by atoms with E-state index in [0.29, 0.717) is 11.4 Å². The zero-order valence-corrected chi connectivity index (χ0v) is 12.0. The Morgan fingerprint density at radius 1 is 1.00 bits per heavy atom. The summed E-state index contributed by atoms with van der Waals surface area (Å²) >= 11 is 0. The number of pyridine rings is 2. The molecule has 0 amide bonds. The van der Waals surface area contributed by atoms with Gasteiger partial charge in [0.15, 0.2) is 0 Å². The monoisotopic (exact) mass is 287 g/mol. The Kier molecular flexibility index (Phi) is 3.80. The van der Waals surface area contributed by atoms with Crippen LogP contribution in [0.4, 0.5) is 0 Å². The first-order valence-corrected chi connectivity index (χ1v) is 6.78. The summed E-state index contributed by atoms with van der Waals surface area (Å²) in [6.45, 7) is 0. The van der Waals surface area contributed by atoms with Crippen LogP contribution >= 0.6 is 0 Å². The first-order chi connectivity index (χ1) is 10.8. The van der Waals surface area contributed by atoms with Gasteiger partial charge < -0.3 is 4.74 Å². The molecule has 0 saturated carbocycles. The van der Waals surface area contributed by atoms with Crippen molar-refractivity contribution in [1.29, 1.82) is 5.26 Å². The fraction of sp³-hybridized carbons (Fsp3) is 0.0556. The number of hydrogen-bond donors (Lipinski definition) is 0. The van der Waals surface area contributed by atoms with Crippen molar-refractivity contribution >= 4 is 0 Å². The molecule has 22 heavy (non-hydrogen) atoms. The number of aromatic nitrogens is 2. The van der Waals surface area contributed by atoms with E-state index in [1.165, 1.54) is 0 Å². The third-order valence-corrected chi connectivity index (χ3v) is 3.34. The van der Waals surface area contributed by atoms with Crippen LogP contribution in [0.3, 0.4) is 0 Å². The lowest BCUT2D eigenvalue weighted by molar-refractivity contribution is 0.400. The Balaban J connectivity index is 2.20. The molecule has 0 atom stereocenters. The summed E-state index contributed by atoms with van der Waals surface area (Å²) in [5, 5.41) is 9.31. The van der Waals surface area contributed by atoms with Crippen LogP contribution in [0.2, 0.25) is 0 Å². The molecule has 0 aliphatic heterocycles. The van der Waals surface area contributed by atoms with Gasteiger partial charge in [-0.3, -0.25) is 4.98 Å². The molecule has 0 saturated heterocycles. The second-order valence-electron chi connectivity index (χ2n) is 4.65. The lowest BCUT2D eigenvalue weighted by Gasteiger charge is -2.11. The molecule has 3 aromatic rings. The lowest BCUT2D eigenvalue weighted by Crippen LogP contribution is -1.95. The number of ether oxygens (including phenoxy) is 1. The summed E-state index contributed by atoms with van der Waals surface area (Å²) in [6, 6.07) is 17.3. The third-order valence-electron chi connectivity index (χ3n) is 3.34. The number of benzene rings is 1. The molecule has 1 aromatic carbocycles. The largest absolute Gasteiger partial charge is 0.481 e. The van der Waals surface area contributed by atoms with Crippen molar-refractivity contribution in [1.82, 2.24) is 9.97 Å². The summed E-state index contributed by atoms with van der Waals surface area (Å²) < 4.78 is 5.35. The first-order valence-electron chi connectivity index (χ1n) is 6.78.